The third kappa shape index (κ3) is 7.97. The number of primary amides is 1. The Hall–Kier alpha value is -2.57. The first-order valence-corrected chi connectivity index (χ1v) is 12.0. The topological polar surface area (TPSA) is 105 Å². The van der Waals surface area contributed by atoms with Gasteiger partial charge in [0.2, 0.25) is 12.3 Å². The van der Waals surface area contributed by atoms with Gasteiger partial charge in [-0.1, -0.05) is 18.5 Å². The number of amides is 1. The first-order chi connectivity index (χ1) is 16.6. The Labute approximate surface area is 210 Å². The number of methoxy groups -OCH3 is 1. The maximum absolute atomic E-state index is 14.5. The van der Waals surface area contributed by atoms with E-state index in [1.54, 1.807) is 12.1 Å². The molecule has 0 aromatic carbocycles. The first kappa shape index (κ1) is 28.7. The fourth-order valence-corrected chi connectivity index (χ4v) is 4.88. The number of hydrogen-bond donors (Lipinski definition) is 1. The number of hydrogen-bond acceptors (Lipinski definition) is 7. The Morgan fingerprint density at radius 1 is 1.31 bits per heavy atom. The maximum atomic E-state index is 14.5. The summed E-state index contributed by atoms with van der Waals surface area (Å²) in [6.07, 6.45) is 1.47. The lowest BCUT2D eigenvalue weighted by atomic mass is 9.83. The van der Waals surface area contributed by atoms with Crippen LogP contribution >= 0.6 is 23.4 Å². The van der Waals surface area contributed by atoms with Crippen molar-refractivity contribution >= 4 is 40.9 Å². The van der Waals surface area contributed by atoms with Crippen LogP contribution in [0.4, 0.5) is 13.2 Å². The zero-order chi connectivity index (χ0) is 26.0. The van der Waals surface area contributed by atoms with E-state index in [1.807, 2.05) is 23.4 Å². The minimum Gasteiger partial charge on any atom is -0.418 e. The normalized spacial score (nSPS) is 14.5. The Bertz CT molecular complexity index is 1100. The quantitative estimate of drug-likeness (QED) is 0.472. The van der Waals surface area contributed by atoms with Gasteiger partial charge in [0.05, 0.1) is 5.02 Å². The molecule has 2 N–H and O–H groups in total. The van der Waals surface area contributed by atoms with E-state index in [4.69, 9.17) is 26.1 Å². The van der Waals surface area contributed by atoms with Crippen molar-refractivity contribution in [1.82, 2.24) is 19.5 Å². The number of nitrogens with two attached hydrogens (primary N) is 1. The second kappa shape index (κ2) is 13.5. The number of ether oxygens (including phenoxy) is 2. The lowest BCUT2D eigenvalue weighted by Crippen LogP contribution is -2.30. The smallest absolute Gasteiger partial charge is 0.261 e. The molecule has 0 spiro atoms. The second-order valence-corrected chi connectivity index (χ2v) is 9.35. The van der Waals surface area contributed by atoms with Gasteiger partial charge >= 0.3 is 0 Å². The van der Waals surface area contributed by atoms with Crippen molar-refractivity contribution in [2.45, 2.75) is 31.6 Å². The number of fused-ring (bicyclic) bond motifs is 1. The number of nitrogens with zero attached hydrogens (tertiary/aromatic N) is 4. The van der Waals surface area contributed by atoms with Crippen LogP contribution in [0.25, 0.3) is 11.2 Å². The van der Waals surface area contributed by atoms with Gasteiger partial charge in [0.1, 0.15) is 17.9 Å². The summed E-state index contributed by atoms with van der Waals surface area (Å²) in [5.74, 6) is 2.71. The van der Waals surface area contributed by atoms with Gasteiger partial charge in [-0.15, -0.1) is 0 Å². The molecule has 0 radical (unpaired) electrons. The number of aromatic nitrogens is 4. The maximum Gasteiger partial charge on any atom is 0.261 e. The van der Waals surface area contributed by atoms with Crippen LogP contribution in [0.15, 0.2) is 24.4 Å². The van der Waals surface area contributed by atoms with E-state index in [0.717, 1.165) is 30.2 Å². The predicted octanol–water partition coefficient (Wildman–Crippen LogP) is 4.73. The number of rotatable bonds is 5. The fourth-order valence-electron chi connectivity index (χ4n) is 3.38. The predicted molar refractivity (Wildman–Crippen MR) is 130 cm³/mol. The summed E-state index contributed by atoms with van der Waals surface area (Å²) in [7, 11) is 3.17. The van der Waals surface area contributed by atoms with Gasteiger partial charge in [-0.3, -0.25) is 4.79 Å². The van der Waals surface area contributed by atoms with Gasteiger partial charge in [0.15, 0.2) is 11.5 Å². The largest absolute Gasteiger partial charge is 0.418 e. The number of carbonyl (C=O) groups is 1. The molecule has 1 aliphatic heterocycles. The lowest BCUT2D eigenvalue weighted by Gasteiger charge is -2.32. The molecule has 1 fully saturated rings. The molecule has 0 saturated carbocycles. The molecule has 0 aliphatic carbocycles. The van der Waals surface area contributed by atoms with Gasteiger partial charge in [-0.2, -0.15) is 16.7 Å². The molecule has 1 aliphatic rings. The van der Waals surface area contributed by atoms with Gasteiger partial charge in [0.25, 0.3) is 12.3 Å². The molecule has 4 heterocycles. The van der Waals surface area contributed by atoms with Gasteiger partial charge in [0, 0.05) is 37.9 Å². The van der Waals surface area contributed by atoms with Crippen LogP contribution in [0.5, 0.6) is 11.8 Å². The molecule has 1 amide bonds. The summed E-state index contributed by atoms with van der Waals surface area (Å²) < 4.78 is 47.8. The highest BCUT2D eigenvalue weighted by Crippen LogP contribution is 2.38. The molecule has 13 heteroatoms. The second-order valence-electron chi connectivity index (χ2n) is 7.68. The summed E-state index contributed by atoms with van der Waals surface area (Å²) in [6.45, 7) is 1.76. The Balaban J connectivity index is 0.000000415. The number of aryl methyl sites for hydroxylation is 1. The molecule has 3 aromatic rings. The number of imidazole rings is 1. The van der Waals surface area contributed by atoms with Crippen LogP contribution in [0.3, 0.4) is 0 Å². The minimum atomic E-state index is -2.32. The summed E-state index contributed by atoms with van der Waals surface area (Å²) in [5.41, 5.74) is 5.29. The van der Waals surface area contributed by atoms with Gasteiger partial charge < -0.3 is 19.8 Å². The molecule has 0 atom stereocenters. The van der Waals surface area contributed by atoms with E-state index >= 15 is 0 Å². The van der Waals surface area contributed by atoms with Crippen LogP contribution in [0.2, 0.25) is 5.02 Å². The van der Waals surface area contributed by atoms with Gasteiger partial charge in [-0.25, -0.2) is 23.1 Å². The third-order valence-electron chi connectivity index (χ3n) is 5.10. The molecular formula is C22H27ClF3N5O3S. The molecule has 35 heavy (non-hydrogen) atoms. The molecule has 3 aromatic heterocycles. The van der Waals surface area contributed by atoms with E-state index in [2.05, 4.69) is 27.4 Å². The zero-order valence-corrected chi connectivity index (χ0v) is 21.1. The summed E-state index contributed by atoms with van der Waals surface area (Å²) in [6, 6.07) is 4.57. The highest BCUT2D eigenvalue weighted by molar-refractivity contribution is 7.99. The SMILES string of the molecule is COCC(F)F.Cn1c(C2(C)CCSCC2)nc2cc(F)c(Oc3ccc(Cl)cn3)nc21.NC=O. The summed E-state index contributed by atoms with van der Waals surface area (Å²) in [5, 5.41) is 0.483. The van der Waals surface area contributed by atoms with E-state index in [9.17, 15) is 13.2 Å². The minimum absolute atomic E-state index is 0.0179. The third-order valence-corrected chi connectivity index (χ3v) is 6.31. The Morgan fingerprint density at radius 3 is 2.49 bits per heavy atom. The summed E-state index contributed by atoms with van der Waals surface area (Å²) >= 11 is 7.78. The average molecular weight is 534 g/mol. The van der Waals surface area contributed by atoms with Crippen molar-refractivity contribution in [3.63, 3.8) is 0 Å². The van der Waals surface area contributed by atoms with E-state index in [1.165, 1.54) is 19.4 Å². The summed E-state index contributed by atoms with van der Waals surface area (Å²) in [4.78, 5) is 21.7. The molecule has 0 unspecified atom stereocenters. The molecule has 1 saturated heterocycles. The van der Waals surface area contributed by atoms with Crippen LogP contribution in [0, 0.1) is 5.82 Å². The van der Waals surface area contributed by atoms with Crippen molar-refractivity contribution in [1.29, 1.82) is 0 Å². The van der Waals surface area contributed by atoms with Crippen molar-refractivity contribution in [3.8, 4) is 11.8 Å². The van der Waals surface area contributed by atoms with Crippen molar-refractivity contribution in [2.24, 2.45) is 12.8 Å². The molecule has 8 nitrogen and oxygen atoms in total. The number of alkyl halides is 2. The van der Waals surface area contributed by atoms with Crippen LogP contribution in [-0.4, -0.2) is 57.6 Å². The van der Waals surface area contributed by atoms with Crippen molar-refractivity contribution in [3.05, 3.63) is 41.1 Å². The zero-order valence-electron chi connectivity index (χ0n) is 19.5. The van der Waals surface area contributed by atoms with Crippen molar-refractivity contribution < 1.29 is 27.4 Å². The van der Waals surface area contributed by atoms with E-state index < -0.39 is 18.8 Å². The fraction of sp³-hybridized carbons (Fsp3) is 0.455. The number of thioether (sulfide) groups is 1. The molecular weight excluding hydrogens is 507 g/mol. The monoisotopic (exact) mass is 533 g/mol. The Morgan fingerprint density at radius 2 is 1.97 bits per heavy atom. The van der Waals surface area contributed by atoms with Crippen LogP contribution in [0.1, 0.15) is 25.6 Å². The van der Waals surface area contributed by atoms with Crippen molar-refractivity contribution in [2.75, 3.05) is 25.2 Å². The highest BCUT2D eigenvalue weighted by atomic mass is 35.5. The number of pyridine rings is 2. The molecule has 4 rings (SSSR count). The number of halogens is 4. The van der Waals surface area contributed by atoms with E-state index in [0.29, 0.717) is 16.2 Å². The molecule has 192 valence electrons. The average Bonchev–Trinajstić information content (AvgIpc) is 3.13. The van der Waals surface area contributed by atoms with E-state index in [-0.39, 0.29) is 23.6 Å². The standard InChI is InChI=1S/C18H18ClFN4OS.C3H6F2O.CH3NO/c1-18(5-7-26-8-6-18)17-22-13-9-12(20)16(23-15(13)24(17)2)25-14-4-3-11(19)10-21-14;1-6-2-3(4)5;2-1-3/h3-4,9-10H,5-8H2,1-2H3;3H,2H2,1H3;1H,(H2,2,3). The number of carbonyl (C=O) groups excluding carboxylic acids is 1. The molecule has 0 bridgehead atoms. The van der Waals surface area contributed by atoms with Crippen LogP contribution in [-0.2, 0) is 22.0 Å². The van der Waals surface area contributed by atoms with Gasteiger partial charge in [-0.05, 0) is 30.4 Å². The highest BCUT2D eigenvalue weighted by Gasteiger charge is 2.34. The lowest BCUT2D eigenvalue weighted by molar-refractivity contribution is -0.106. The Kier molecular flexibility index (Phi) is 11.1. The van der Waals surface area contributed by atoms with Crippen LogP contribution < -0.4 is 10.5 Å². The first-order valence-electron chi connectivity index (χ1n) is 10.5.